The minimum absolute atomic E-state index is 0.0648. The third-order valence-electron chi connectivity index (χ3n) is 2.79. The molecule has 1 aromatic rings. The van der Waals surface area contributed by atoms with E-state index in [1.165, 1.54) is 12.1 Å². The van der Waals surface area contributed by atoms with Crippen molar-refractivity contribution in [2.75, 3.05) is 13.2 Å². The van der Waals surface area contributed by atoms with Crippen LogP contribution in [0.1, 0.15) is 11.7 Å². The van der Waals surface area contributed by atoms with Gasteiger partial charge in [0.1, 0.15) is 11.8 Å². The fraction of sp³-hybridized carbons (Fsp3) is 0.417. The van der Waals surface area contributed by atoms with Crippen molar-refractivity contribution >= 4 is 5.97 Å². The van der Waals surface area contributed by atoms with E-state index in [1.807, 2.05) is 0 Å². The Morgan fingerprint density at radius 1 is 1.42 bits per heavy atom. The molecule has 1 aliphatic rings. The molecule has 0 spiro atoms. The lowest BCUT2D eigenvalue weighted by molar-refractivity contribution is -0.144. The molecule has 1 aliphatic heterocycles. The van der Waals surface area contributed by atoms with Gasteiger partial charge in [0.2, 0.25) is 0 Å². The fourth-order valence-corrected chi connectivity index (χ4v) is 1.82. The van der Waals surface area contributed by atoms with Gasteiger partial charge in [0, 0.05) is 6.54 Å². The Hall–Kier alpha value is -1.73. The zero-order valence-electron chi connectivity index (χ0n) is 9.88. The summed E-state index contributed by atoms with van der Waals surface area (Å²) in [6, 6.07) is 5.37. The maximum atomic E-state index is 12.0. The molecule has 2 N–H and O–H groups in total. The summed E-state index contributed by atoms with van der Waals surface area (Å²) >= 11 is 0. The first-order chi connectivity index (χ1) is 9.06. The zero-order valence-corrected chi connectivity index (χ0v) is 9.88. The molecule has 2 atom stereocenters. The predicted octanol–water partition coefficient (Wildman–Crippen LogP) is 1.40. The first-order valence-corrected chi connectivity index (χ1v) is 5.69. The number of nitrogens with one attached hydrogen (secondary N) is 1. The standard InChI is InChI=1S/C12H13F2NO4/c13-12(14)19-8-3-1-7(2-4-8)10-5-15-9(6-18-10)11(16)17/h1-4,9-10,12,15H,5-6H2,(H,16,17). The largest absolute Gasteiger partial charge is 0.480 e. The van der Waals surface area contributed by atoms with Crippen LogP contribution in [0.4, 0.5) is 8.78 Å². The summed E-state index contributed by atoms with van der Waals surface area (Å²) in [5, 5.41) is 11.6. The lowest BCUT2D eigenvalue weighted by atomic mass is 10.1. The second-order valence-corrected chi connectivity index (χ2v) is 4.07. The second kappa shape index (κ2) is 5.94. The molecular weight excluding hydrogens is 260 g/mol. The highest BCUT2D eigenvalue weighted by Gasteiger charge is 2.26. The van der Waals surface area contributed by atoms with E-state index in [9.17, 15) is 13.6 Å². The maximum absolute atomic E-state index is 12.0. The normalized spacial score (nSPS) is 23.3. The summed E-state index contributed by atoms with van der Waals surface area (Å²) in [5.74, 6) is -0.884. The Kier molecular flexibility index (Phi) is 4.28. The Bertz CT molecular complexity index is 430. The number of carboxylic acids is 1. The van der Waals surface area contributed by atoms with Crippen LogP contribution in [-0.2, 0) is 9.53 Å². The zero-order chi connectivity index (χ0) is 13.8. The second-order valence-electron chi connectivity index (χ2n) is 4.07. The molecule has 104 valence electrons. The van der Waals surface area contributed by atoms with Crippen LogP contribution in [0.2, 0.25) is 0 Å². The van der Waals surface area contributed by atoms with Crippen LogP contribution in [0.5, 0.6) is 5.75 Å². The van der Waals surface area contributed by atoms with E-state index in [1.54, 1.807) is 12.1 Å². The van der Waals surface area contributed by atoms with E-state index in [-0.39, 0.29) is 18.5 Å². The maximum Gasteiger partial charge on any atom is 0.387 e. The lowest BCUT2D eigenvalue weighted by Crippen LogP contribution is -2.47. The van der Waals surface area contributed by atoms with Crippen molar-refractivity contribution in [3.63, 3.8) is 0 Å². The molecule has 5 nitrogen and oxygen atoms in total. The van der Waals surface area contributed by atoms with Crippen molar-refractivity contribution in [3.05, 3.63) is 29.8 Å². The molecule has 0 amide bonds. The number of alkyl halides is 2. The molecular formula is C12H13F2NO4. The summed E-state index contributed by atoms with van der Waals surface area (Å²) in [7, 11) is 0. The van der Waals surface area contributed by atoms with Crippen LogP contribution in [0, 0.1) is 0 Å². The topological polar surface area (TPSA) is 67.8 Å². The van der Waals surface area contributed by atoms with Crippen LogP contribution >= 0.6 is 0 Å². The minimum Gasteiger partial charge on any atom is -0.480 e. The number of ether oxygens (including phenoxy) is 2. The van der Waals surface area contributed by atoms with Gasteiger partial charge >= 0.3 is 12.6 Å². The number of hydrogen-bond donors (Lipinski definition) is 2. The highest BCUT2D eigenvalue weighted by Crippen LogP contribution is 2.23. The Balaban J connectivity index is 1.94. The average molecular weight is 273 g/mol. The first-order valence-electron chi connectivity index (χ1n) is 5.69. The van der Waals surface area contributed by atoms with Gasteiger partial charge in [0.05, 0.1) is 12.7 Å². The van der Waals surface area contributed by atoms with Gasteiger partial charge in [-0.1, -0.05) is 12.1 Å². The molecule has 0 saturated carbocycles. The summed E-state index contributed by atoms with van der Waals surface area (Å²) in [5.41, 5.74) is 0.776. The monoisotopic (exact) mass is 273 g/mol. The smallest absolute Gasteiger partial charge is 0.387 e. The molecule has 2 unspecified atom stereocenters. The number of morpholine rings is 1. The molecule has 0 bridgehead atoms. The summed E-state index contributed by atoms with van der Waals surface area (Å²) in [4.78, 5) is 10.7. The Morgan fingerprint density at radius 2 is 2.11 bits per heavy atom. The number of halogens is 2. The van der Waals surface area contributed by atoms with E-state index in [0.29, 0.717) is 6.54 Å². The van der Waals surface area contributed by atoms with Crippen molar-refractivity contribution in [2.45, 2.75) is 18.8 Å². The number of hydrogen-bond acceptors (Lipinski definition) is 4. The molecule has 0 aliphatic carbocycles. The summed E-state index contributed by atoms with van der Waals surface area (Å²) in [6.45, 7) is -2.43. The number of carbonyl (C=O) groups is 1. The molecule has 1 aromatic carbocycles. The van der Waals surface area contributed by atoms with Crippen LogP contribution in [-0.4, -0.2) is 36.9 Å². The van der Waals surface area contributed by atoms with Crippen LogP contribution in [0.15, 0.2) is 24.3 Å². The lowest BCUT2D eigenvalue weighted by Gasteiger charge is -2.28. The Labute approximate surface area is 108 Å². The van der Waals surface area contributed by atoms with Gasteiger partial charge in [-0.25, -0.2) is 0 Å². The van der Waals surface area contributed by atoms with E-state index in [4.69, 9.17) is 9.84 Å². The van der Waals surface area contributed by atoms with Gasteiger partial charge in [-0.05, 0) is 17.7 Å². The van der Waals surface area contributed by atoms with Gasteiger partial charge in [-0.3, -0.25) is 10.1 Å². The van der Waals surface area contributed by atoms with Crippen LogP contribution < -0.4 is 10.1 Å². The predicted molar refractivity (Wildman–Crippen MR) is 61.2 cm³/mol. The third kappa shape index (κ3) is 3.62. The molecule has 0 aromatic heterocycles. The van der Waals surface area contributed by atoms with Crippen molar-refractivity contribution < 1.29 is 28.2 Å². The van der Waals surface area contributed by atoms with Gasteiger partial charge in [0.15, 0.2) is 0 Å². The number of benzene rings is 1. The molecule has 19 heavy (non-hydrogen) atoms. The van der Waals surface area contributed by atoms with Crippen molar-refractivity contribution in [3.8, 4) is 5.75 Å². The van der Waals surface area contributed by atoms with Crippen molar-refractivity contribution in [1.29, 1.82) is 0 Å². The number of aliphatic carboxylic acids is 1. The highest BCUT2D eigenvalue weighted by molar-refractivity contribution is 5.73. The third-order valence-corrected chi connectivity index (χ3v) is 2.79. The van der Waals surface area contributed by atoms with E-state index < -0.39 is 18.6 Å². The molecule has 0 radical (unpaired) electrons. The quantitative estimate of drug-likeness (QED) is 0.868. The van der Waals surface area contributed by atoms with E-state index in [2.05, 4.69) is 10.1 Å². The summed E-state index contributed by atoms with van der Waals surface area (Å²) < 4.78 is 33.6. The number of rotatable bonds is 4. The fourth-order valence-electron chi connectivity index (χ4n) is 1.82. The molecule has 1 heterocycles. The first kappa shape index (κ1) is 13.7. The molecule has 1 fully saturated rings. The summed E-state index contributed by atoms with van der Waals surface area (Å²) in [6.07, 6.45) is -0.295. The average Bonchev–Trinajstić information content (AvgIpc) is 2.39. The van der Waals surface area contributed by atoms with Crippen molar-refractivity contribution in [1.82, 2.24) is 5.32 Å². The SMILES string of the molecule is O=C(O)C1COC(c2ccc(OC(F)F)cc2)CN1. The van der Waals surface area contributed by atoms with Gasteiger partial charge < -0.3 is 14.6 Å². The van der Waals surface area contributed by atoms with E-state index >= 15 is 0 Å². The number of carboxylic acid groups (broad SMARTS) is 1. The van der Waals surface area contributed by atoms with Crippen LogP contribution in [0.3, 0.4) is 0 Å². The molecule has 7 heteroatoms. The van der Waals surface area contributed by atoms with Crippen LogP contribution in [0.25, 0.3) is 0 Å². The van der Waals surface area contributed by atoms with Gasteiger partial charge in [0.25, 0.3) is 0 Å². The molecule has 2 rings (SSSR count). The van der Waals surface area contributed by atoms with Gasteiger partial charge in [-0.2, -0.15) is 8.78 Å². The minimum atomic E-state index is -2.85. The van der Waals surface area contributed by atoms with Gasteiger partial charge in [-0.15, -0.1) is 0 Å². The highest BCUT2D eigenvalue weighted by atomic mass is 19.3. The van der Waals surface area contributed by atoms with E-state index in [0.717, 1.165) is 5.56 Å². The Morgan fingerprint density at radius 3 is 2.58 bits per heavy atom. The molecule has 1 saturated heterocycles. The van der Waals surface area contributed by atoms with Crippen molar-refractivity contribution in [2.24, 2.45) is 0 Å².